The highest BCUT2D eigenvalue weighted by molar-refractivity contribution is 6.50. The molecule has 2 N–H and O–H groups in total. The molecule has 0 spiro atoms. The lowest BCUT2D eigenvalue weighted by Crippen LogP contribution is -2.40. The summed E-state index contributed by atoms with van der Waals surface area (Å²) in [4.78, 5) is 17.7. The fourth-order valence-electron chi connectivity index (χ4n) is 7.98. The van der Waals surface area contributed by atoms with Crippen LogP contribution >= 0.6 is 0 Å². The number of ether oxygens (including phenoxy) is 1. The summed E-state index contributed by atoms with van der Waals surface area (Å²) < 4.78 is 22.1. The van der Waals surface area contributed by atoms with E-state index in [-0.39, 0.29) is 23.0 Å². The number of benzene rings is 2. The third-order valence-electron chi connectivity index (χ3n) is 10.7. The highest BCUT2D eigenvalue weighted by atomic mass is 19.1. The van der Waals surface area contributed by atoms with Crippen molar-refractivity contribution in [3.8, 4) is 11.8 Å². The number of halogens is 1. The van der Waals surface area contributed by atoms with E-state index in [4.69, 9.17) is 19.7 Å². The smallest absolute Gasteiger partial charge is 0.318 e. The van der Waals surface area contributed by atoms with Crippen molar-refractivity contribution in [2.24, 2.45) is 10.4 Å². The lowest BCUT2D eigenvalue weighted by atomic mass is 9.81. The number of nitrogens with zero attached hydrogens (tertiary/aromatic N) is 4. The summed E-state index contributed by atoms with van der Waals surface area (Å²) in [6.07, 6.45) is 15.1. The third-order valence-corrected chi connectivity index (χ3v) is 10.7. The van der Waals surface area contributed by atoms with Gasteiger partial charge in [-0.1, -0.05) is 71.9 Å². The van der Waals surface area contributed by atoms with E-state index in [0.29, 0.717) is 42.4 Å². The maximum Gasteiger partial charge on any atom is 0.318 e. The number of β-amino-alcohol motifs (C(OH)–C–C–N with tert-alkyl or cyclic N) is 1. The van der Waals surface area contributed by atoms with Crippen LogP contribution in [-0.2, 0) is 6.42 Å². The van der Waals surface area contributed by atoms with Crippen LogP contribution in [0.4, 0.5) is 10.2 Å². The van der Waals surface area contributed by atoms with E-state index in [0.717, 1.165) is 96.9 Å². The van der Waals surface area contributed by atoms with Gasteiger partial charge in [0, 0.05) is 35.7 Å². The van der Waals surface area contributed by atoms with Gasteiger partial charge in [-0.2, -0.15) is 9.97 Å². The molecule has 1 fully saturated rings. The van der Waals surface area contributed by atoms with E-state index in [2.05, 4.69) is 31.7 Å². The first-order valence-electron chi connectivity index (χ1n) is 19.8. The Hall–Kier alpha value is -3.78. The van der Waals surface area contributed by atoms with E-state index >= 15 is 4.39 Å². The van der Waals surface area contributed by atoms with Crippen LogP contribution in [0.3, 0.4) is 0 Å². The minimum absolute atomic E-state index is 0.00936. The van der Waals surface area contributed by atoms with Gasteiger partial charge in [0.05, 0.1) is 29.2 Å². The number of aryl methyl sites for hydroxylation is 1. The van der Waals surface area contributed by atoms with Gasteiger partial charge >= 0.3 is 6.01 Å². The summed E-state index contributed by atoms with van der Waals surface area (Å²) in [5.41, 5.74) is 4.32. The molecule has 2 heterocycles. The molecule has 2 unspecified atom stereocenters. The molecule has 0 bridgehead atoms. The Labute approximate surface area is 311 Å². The highest BCUT2D eigenvalue weighted by Crippen LogP contribution is 2.45. The second-order valence-corrected chi connectivity index (χ2v) is 15.9. The molecule has 0 radical (unpaired) electrons. The van der Waals surface area contributed by atoms with Gasteiger partial charge in [-0.3, -0.25) is 4.99 Å². The topological polar surface area (TPSA) is 91.1 Å². The molecule has 7 nitrogen and oxygen atoms in total. The maximum absolute atomic E-state index is 15.4. The van der Waals surface area contributed by atoms with Crippen LogP contribution in [0.5, 0.6) is 11.8 Å². The molecular weight excluding hydrogens is 652 g/mol. The second kappa shape index (κ2) is 16.9. The Morgan fingerprint density at radius 1 is 1.08 bits per heavy atom. The average molecular weight is 713 g/mol. The summed E-state index contributed by atoms with van der Waals surface area (Å²) in [5, 5.41) is 24.0. The summed E-state index contributed by atoms with van der Waals surface area (Å²) >= 11 is 0. The Morgan fingerprint density at radius 2 is 1.83 bits per heavy atom. The molecule has 1 aliphatic carbocycles. The van der Waals surface area contributed by atoms with Gasteiger partial charge < -0.3 is 19.8 Å². The van der Waals surface area contributed by atoms with Crippen molar-refractivity contribution in [1.29, 1.82) is 0 Å². The monoisotopic (exact) mass is 712 g/mol. The predicted octanol–water partition coefficient (Wildman–Crippen LogP) is 10.7. The van der Waals surface area contributed by atoms with Crippen LogP contribution in [0.1, 0.15) is 142 Å². The number of allylic oxidation sites excluding steroid dienone is 3. The van der Waals surface area contributed by atoms with Gasteiger partial charge in [-0.05, 0) is 112 Å². The van der Waals surface area contributed by atoms with Gasteiger partial charge in [0.25, 0.3) is 0 Å². The SMILES string of the molecule is C/C=C1\C(=NC(C)C)C(c2cc(O)cc3ccc(F)c(CC)c23)=Cc2nc(OCC(C)(CCCC)CCCCC)nc(N3CCCCC(C)(O)C3)c21. The fourth-order valence-corrected chi connectivity index (χ4v) is 7.98. The minimum Gasteiger partial charge on any atom is -0.508 e. The van der Waals surface area contributed by atoms with E-state index in [9.17, 15) is 10.2 Å². The Kier molecular flexibility index (Phi) is 12.8. The first-order chi connectivity index (χ1) is 24.8. The van der Waals surface area contributed by atoms with Crippen LogP contribution in [0, 0.1) is 11.2 Å². The zero-order chi connectivity index (χ0) is 37.6. The summed E-state index contributed by atoms with van der Waals surface area (Å²) in [5.74, 6) is 0.553. The number of phenols is 1. The number of aromatic hydroxyl groups is 1. The van der Waals surface area contributed by atoms with Crippen LogP contribution in [-0.4, -0.2) is 57.2 Å². The molecule has 3 aromatic rings. The lowest BCUT2D eigenvalue weighted by Gasteiger charge is -2.34. The van der Waals surface area contributed by atoms with Crippen molar-refractivity contribution < 1.29 is 19.3 Å². The van der Waals surface area contributed by atoms with Crippen LogP contribution in [0.15, 0.2) is 35.3 Å². The highest BCUT2D eigenvalue weighted by Gasteiger charge is 2.35. The van der Waals surface area contributed by atoms with E-state index in [1.807, 2.05) is 40.7 Å². The molecule has 2 atom stereocenters. The standard InChI is InChI=1S/C44H61FN4O3/c1-9-13-15-21-43(7,20-14-10-2)28-52-42-47-37-26-35(34-25-31(50)24-30-18-19-36(45)32(11-3)38(30)34)40(46-29(5)6)33(12-4)39(37)41(48-42)49-23-17-16-22-44(8,51)27-49/h12,18-19,24-26,29,50-51H,9-11,13-17,20-23,27-28H2,1-8H3/b33-12-,46-40?. The number of phenolic OH excluding ortho intramolecular Hbond substituents is 1. The molecule has 1 saturated heterocycles. The van der Waals surface area contributed by atoms with Gasteiger partial charge in [0.1, 0.15) is 17.4 Å². The number of aliphatic imine (C=N–C) groups is 1. The normalized spacial score (nSPS) is 20.7. The van der Waals surface area contributed by atoms with Gasteiger partial charge in [-0.15, -0.1) is 0 Å². The molecule has 1 aliphatic heterocycles. The van der Waals surface area contributed by atoms with Gasteiger partial charge in [-0.25, -0.2) is 4.39 Å². The van der Waals surface area contributed by atoms with Crippen molar-refractivity contribution in [3.63, 3.8) is 0 Å². The van der Waals surface area contributed by atoms with Crippen molar-refractivity contribution in [1.82, 2.24) is 9.97 Å². The number of aliphatic hydroxyl groups is 1. The predicted molar refractivity (Wildman–Crippen MR) is 215 cm³/mol. The Morgan fingerprint density at radius 3 is 2.52 bits per heavy atom. The van der Waals surface area contributed by atoms with Gasteiger partial charge in [0.15, 0.2) is 0 Å². The fraction of sp³-hybridized carbons (Fsp3) is 0.568. The van der Waals surface area contributed by atoms with Crippen molar-refractivity contribution >= 4 is 39.5 Å². The number of anilines is 1. The molecule has 2 aromatic carbocycles. The number of rotatable bonds is 14. The number of aromatic nitrogens is 2. The number of fused-ring (bicyclic) bond motifs is 2. The van der Waals surface area contributed by atoms with Crippen molar-refractivity contribution in [2.75, 3.05) is 24.6 Å². The molecule has 2 aliphatic rings. The minimum atomic E-state index is -0.880. The van der Waals surface area contributed by atoms with E-state index in [1.165, 1.54) is 18.9 Å². The van der Waals surface area contributed by atoms with Crippen molar-refractivity contribution in [2.45, 2.75) is 138 Å². The molecular formula is C44H61FN4O3. The van der Waals surface area contributed by atoms with Crippen LogP contribution in [0.25, 0.3) is 28.0 Å². The zero-order valence-corrected chi connectivity index (χ0v) is 32.9. The molecule has 5 rings (SSSR count). The summed E-state index contributed by atoms with van der Waals surface area (Å²) in [6.45, 7) is 18.4. The maximum atomic E-state index is 15.4. The Balaban J connectivity index is 1.77. The number of hydrogen-bond donors (Lipinski definition) is 2. The first-order valence-corrected chi connectivity index (χ1v) is 19.8. The number of unbranched alkanes of at least 4 members (excludes halogenated alkanes) is 3. The average Bonchev–Trinajstić information content (AvgIpc) is 3.29. The number of hydrogen-bond acceptors (Lipinski definition) is 7. The third kappa shape index (κ3) is 8.87. The van der Waals surface area contributed by atoms with E-state index in [1.54, 1.807) is 18.2 Å². The zero-order valence-electron chi connectivity index (χ0n) is 32.9. The molecule has 0 amide bonds. The molecule has 282 valence electrons. The van der Waals surface area contributed by atoms with E-state index < -0.39 is 5.60 Å². The van der Waals surface area contributed by atoms with Crippen LogP contribution in [0.2, 0.25) is 0 Å². The lowest BCUT2D eigenvalue weighted by molar-refractivity contribution is 0.0611. The summed E-state index contributed by atoms with van der Waals surface area (Å²) in [6, 6.07) is 6.88. The quantitative estimate of drug-likeness (QED) is 0.162. The van der Waals surface area contributed by atoms with Gasteiger partial charge in [0.2, 0.25) is 0 Å². The Bertz CT molecular complexity index is 1830. The molecule has 0 saturated carbocycles. The molecule has 8 heteroatoms. The van der Waals surface area contributed by atoms with Crippen LogP contribution < -0.4 is 9.64 Å². The largest absolute Gasteiger partial charge is 0.508 e. The van der Waals surface area contributed by atoms with Crippen molar-refractivity contribution in [3.05, 3.63) is 58.5 Å². The second-order valence-electron chi connectivity index (χ2n) is 15.9. The first kappa shape index (κ1) is 39.4. The summed E-state index contributed by atoms with van der Waals surface area (Å²) in [7, 11) is 0. The molecule has 1 aromatic heterocycles. The molecule has 52 heavy (non-hydrogen) atoms.